The Balaban J connectivity index is 2.19. The summed E-state index contributed by atoms with van der Waals surface area (Å²) in [4.78, 5) is 20.1. The van der Waals surface area contributed by atoms with Crippen LogP contribution >= 0.6 is 15.9 Å². The third kappa shape index (κ3) is 3.13. The normalized spacial score (nSPS) is 10.2. The highest BCUT2D eigenvalue weighted by atomic mass is 79.9. The van der Waals surface area contributed by atoms with Gasteiger partial charge in [-0.2, -0.15) is 0 Å². The molecule has 1 amide bonds. The molecule has 0 fully saturated rings. The molecule has 0 aliphatic heterocycles. The van der Waals surface area contributed by atoms with E-state index < -0.39 is 0 Å². The Bertz CT molecular complexity index is 561. The molecule has 0 spiro atoms. The molecule has 0 unspecified atom stereocenters. The summed E-state index contributed by atoms with van der Waals surface area (Å²) in [6, 6.07) is 5.71. The maximum Gasteiger partial charge on any atom is 0.256 e. The molecule has 1 heterocycles. The molecular weight excluding hydrogens is 294 g/mol. The lowest BCUT2D eigenvalue weighted by Crippen LogP contribution is -2.13. The van der Waals surface area contributed by atoms with E-state index in [1.807, 2.05) is 32.0 Å². The lowest BCUT2D eigenvalue weighted by atomic mass is 10.1. The van der Waals surface area contributed by atoms with Crippen molar-refractivity contribution in [1.82, 2.24) is 9.97 Å². The molecule has 1 aromatic heterocycles. The predicted octanol–water partition coefficient (Wildman–Crippen LogP) is 3.11. The van der Waals surface area contributed by atoms with Crippen molar-refractivity contribution < 1.29 is 4.79 Å². The number of hydrogen-bond donors (Lipinski definition) is 1. The fourth-order valence-electron chi connectivity index (χ4n) is 1.67. The van der Waals surface area contributed by atoms with Crippen molar-refractivity contribution in [2.24, 2.45) is 0 Å². The Morgan fingerprint density at radius 1 is 1.11 bits per heavy atom. The highest BCUT2D eigenvalue weighted by molar-refractivity contribution is 9.10. The Morgan fingerprint density at radius 3 is 2.33 bits per heavy atom. The predicted molar refractivity (Wildman–Crippen MR) is 73.6 cm³/mol. The van der Waals surface area contributed by atoms with E-state index in [0.717, 1.165) is 11.1 Å². The fraction of sp³-hybridized carbons (Fsp3) is 0.154. The monoisotopic (exact) mass is 305 g/mol. The van der Waals surface area contributed by atoms with E-state index in [9.17, 15) is 4.79 Å². The molecule has 0 aliphatic carbocycles. The van der Waals surface area contributed by atoms with Gasteiger partial charge in [-0.3, -0.25) is 4.79 Å². The van der Waals surface area contributed by atoms with Gasteiger partial charge in [0.1, 0.15) is 4.60 Å². The SMILES string of the molecule is Cc1cc(C)cc(C(=O)Nc2cnc(Br)cn2)c1. The van der Waals surface area contributed by atoms with Crippen LogP contribution in [-0.2, 0) is 0 Å². The molecule has 0 saturated carbocycles. The van der Waals surface area contributed by atoms with E-state index in [1.54, 1.807) is 0 Å². The fourth-order valence-corrected chi connectivity index (χ4v) is 1.88. The Labute approximate surface area is 114 Å². The number of aryl methyl sites for hydroxylation is 2. The van der Waals surface area contributed by atoms with Crippen molar-refractivity contribution in [3.8, 4) is 0 Å². The average Bonchev–Trinajstić information content (AvgIpc) is 2.31. The largest absolute Gasteiger partial charge is 0.305 e. The Morgan fingerprint density at radius 2 is 1.78 bits per heavy atom. The van der Waals surface area contributed by atoms with Crippen molar-refractivity contribution in [3.05, 3.63) is 51.9 Å². The van der Waals surface area contributed by atoms with Gasteiger partial charge < -0.3 is 5.32 Å². The summed E-state index contributed by atoms with van der Waals surface area (Å²) < 4.78 is 0.631. The van der Waals surface area contributed by atoms with Crippen LogP contribution in [0.3, 0.4) is 0 Å². The van der Waals surface area contributed by atoms with Crippen LogP contribution in [0.15, 0.2) is 35.2 Å². The van der Waals surface area contributed by atoms with Crippen molar-refractivity contribution in [1.29, 1.82) is 0 Å². The minimum atomic E-state index is -0.182. The van der Waals surface area contributed by atoms with Gasteiger partial charge in [-0.25, -0.2) is 9.97 Å². The zero-order chi connectivity index (χ0) is 13.1. The third-order valence-electron chi connectivity index (χ3n) is 2.35. The maximum absolute atomic E-state index is 12.0. The molecule has 2 aromatic rings. The summed E-state index contributed by atoms with van der Waals surface area (Å²) in [7, 11) is 0. The van der Waals surface area contributed by atoms with Gasteiger partial charge in [-0.15, -0.1) is 0 Å². The average molecular weight is 306 g/mol. The summed E-state index contributed by atoms with van der Waals surface area (Å²) in [6.45, 7) is 3.92. The van der Waals surface area contributed by atoms with Crippen molar-refractivity contribution in [3.63, 3.8) is 0 Å². The molecule has 0 saturated heterocycles. The van der Waals surface area contributed by atoms with Crippen molar-refractivity contribution >= 4 is 27.7 Å². The molecule has 2 rings (SSSR count). The van der Waals surface area contributed by atoms with E-state index in [-0.39, 0.29) is 5.91 Å². The quantitative estimate of drug-likeness (QED) is 0.927. The number of hydrogen-bond acceptors (Lipinski definition) is 3. The molecule has 18 heavy (non-hydrogen) atoms. The first-order chi connectivity index (χ1) is 8.54. The van der Waals surface area contributed by atoms with Crippen LogP contribution in [0.1, 0.15) is 21.5 Å². The van der Waals surface area contributed by atoms with Crippen molar-refractivity contribution in [2.45, 2.75) is 13.8 Å². The molecular formula is C13H12BrN3O. The van der Waals surface area contributed by atoms with Gasteiger partial charge in [0.2, 0.25) is 0 Å². The number of benzene rings is 1. The summed E-state index contributed by atoms with van der Waals surface area (Å²) >= 11 is 3.19. The van der Waals surface area contributed by atoms with Crippen LogP contribution in [0.5, 0.6) is 0 Å². The number of carbonyl (C=O) groups is 1. The standard InChI is InChI=1S/C13H12BrN3O/c1-8-3-9(2)5-10(4-8)13(18)17-12-7-15-11(14)6-16-12/h3-7H,1-2H3,(H,16,17,18). The van der Waals surface area contributed by atoms with Gasteiger partial charge in [0.05, 0.1) is 12.4 Å². The third-order valence-corrected chi connectivity index (χ3v) is 2.76. The van der Waals surface area contributed by atoms with Gasteiger partial charge in [-0.1, -0.05) is 17.2 Å². The van der Waals surface area contributed by atoms with Gasteiger partial charge in [-0.05, 0) is 41.9 Å². The van der Waals surface area contributed by atoms with E-state index in [4.69, 9.17) is 0 Å². The summed E-state index contributed by atoms with van der Waals surface area (Å²) in [5, 5.41) is 2.71. The number of nitrogens with one attached hydrogen (secondary N) is 1. The van der Waals surface area contributed by atoms with Crippen LogP contribution in [-0.4, -0.2) is 15.9 Å². The van der Waals surface area contributed by atoms with Crippen LogP contribution in [0.25, 0.3) is 0 Å². The van der Waals surface area contributed by atoms with E-state index in [2.05, 4.69) is 31.2 Å². The number of halogens is 1. The number of aromatic nitrogens is 2. The van der Waals surface area contributed by atoms with Gasteiger partial charge in [0, 0.05) is 5.56 Å². The number of anilines is 1. The molecule has 0 bridgehead atoms. The lowest BCUT2D eigenvalue weighted by Gasteiger charge is -2.06. The van der Waals surface area contributed by atoms with E-state index in [0.29, 0.717) is 16.0 Å². The van der Waals surface area contributed by atoms with Crippen LogP contribution in [0.2, 0.25) is 0 Å². The molecule has 92 valence electrons. The van der Waals surface area contributed by atoms with E-state index in [1.165, 1.54) is 12.4 Å². The van der Waals surface area contributed by atoms with Gasteiger partial charge >= 0.3 is 0 Å². The summed E-state index contributed by atoms with van der Waals surface area (Å²) in [5.74, 6) is 0.251. The zero-order valence-electron chi connectivity index (χ0n) is 10.1. The number of nitrogens with zero attached hydrogens (tertiary/aromatic N) is 2. The molecule has 0 radical (unpaired) electrons. The first-order valence-corrected chi connectivity index (χ1v) is 6.21. The number of amides is 1. The summed E-state index contributed by atoms with van der Waals surface area (Å²) in [5.41, 5.74) is 2.74. The second kappa shape index (κ2) is 5.27. The zero-order valence-corrected chi connectivity index (χ0v) is 11.7. The van der Waals surface area contributed by atoms with Crippen LogP contribution < -0.4 is 5.32 Å². The second-order valence-corrected chi connectivity index (χ2v) is 4.87. The Kier molecular flexibility index (Phi) is 3.72. The van der Waals surface area contributed by atoms with Crippen LogP contribution in [0.4, 0.5) is 5.82 Å². The molecule has 1 N–H and O–H groups in total. The number of carbonyl (C=O) groups excluding carboxylic acids is 1. The summed E-state index contributed by atoms with van der Waals surface area (Å²) in [6.07, 6.45) is 3.04. The molecule has 0 atom stereocenters. The first-order valence-electron chi connectivity index (χ1n) is 5.42. The first kappa shape index (κ1) is 12.7. The second-order valence-electron chi connectivity index (χ2n) is 4.05. The van der Waals surface area contributed by atoms with Gasteiger partial charge in [0.15, 0.2) is 5.82 Å². The minimum Gasteiger partial charge on any atom is -0.305 e. The number of rotatable bonds is 2. The van der Waals surface area contributed by atoms with Gasteiger partial charge in [0.25, 0.3) is 5.91 Å². The lowest BCUT2D eigenvalue weighted by molar-refractivity contribution is 0.102. The van der Waals surface area contributed by atoms with Crippen LogP contribution in [0, 0.1) is 13.8 Å². The maximum atomic E-state index is 12.0. The molecule has 5 heteroatoms. The highest BCUT2D eigenvalue weighted by Gasteiger charge is 2.08. The van der Waals surface area contributed by atoms with Crippen molar-refractivity contribution in [2.75, 3.05) is 5.32 Å². The minimum absolute atomic E-state index is 0.182. The van der Waals surface area contributed by atoms with E-state index >= 15 is 0 Å². The highest BCUT2D eigenvalue weighted by Crippen LogP contribution is 2.12. The smallest absolute Gasteiger partial charge is 0.256 e. The molecule has 4 nitrogen and oxygen atoms in total. The Hall–Kier alpha value is -1.75. The molecule has 1 aromatic carbocycles. The molecule has 0 aliphatic rings. The topological polar surface area (TPSA) is 54.9 Å².